The molecule has 13 heteroatoms. The fourth-order valence-corrected chi connectivity index (χ4v) is 6.31. The molecule has 0 radical (unpaired) electrons. The third-order valence-corrected chi connectivity index (χ3v) is 8.09. The van der Waals surface area contributed by atoms with E-state index in [1.807, 2.05) is 36.3 Å². The van der Waals surface area contributed by atoms with E-state index in [0.29, 0.717) is 29.7 Å². The Balaban J connectivity index is 1.26. The Morgan fingerprint density at radius 1 is 1.05 bits per heavy atom. The van der Waals surface area contributed by atoms with Crippen molar-refractivity contribution in [2.75, 3.05) is 5.73 Å². The highest BCUT2D eigenvalue weighted by Crippen LogP contribution is 2.45. The van der Waals surface area contributed by atoms with Crippen LogP contribution in [0.1, 0.15) is 65.2 Å². The smallest absolute Gasteiger partial charge is 0.291 e. The number of pyridine rings is 1. The lowest BCUT2D eigenvalue weighted by Gasteiger charge is -2.38. The van der Waals surface area contributed by atoms with Gasteiger partial charge in [0.25, 0.3) is 5.91 Å². The van der Waals surface area contributed by atoms with E-state index in [0.717, 1.165) is 35.4 Å². The molecular formula is C27H27N11O2. The molecule has 2 saturated heterocycles. The fourth-order valence-electron chi connectivity index (χ4n) is 6.31. The Labute approximate surface area is 228 Å². The highest BCUT2D eigenvalue weighted by Gasteiger charge is 2.45. The molecule has 7 heterocycles. The van der Waals surface area contributed by atoms with Crippen molar-refractivity contribution >= 4 is 23.2 Å². The molecule has 13 nitrogen and oxygen atoms in total. The first-order valence-electron chi connectivity index (χ1n) is 13.2. The van der Waals surface area contributed by atoms with E-state index in [-0.39, 0.29) is 41.3 Å². The van der Waals surface area contributed by atoms with Crippen LogP contribution < -0.4 is 5.73 Å². The van der Waals surface area contributed by atoms with Crippen LogP contribution in [0.5, 0.6) is 0 Å². The Morgan fingerprint density at radius 3 is 2.48 bits per heavy atom. The van der Waals surface area contributed by atoms with Crippen LogP contribution in [0.25, 0.3) is 28.2 Å². The summed E-state index contributed by atoms with van der Waals surface area (Å²) in [6.45, 7) is 1.50. The second-order valence-corrected chi connectivity index (χ2v) is 10.5. The third kappa shape index (κ3) is 3.76. The maximum atomic E-state index is 13.1. The summed E-state index contributed by atoms with van der Waals surface area (Å²) in [5, 5.41) is 15.4. The number of nitrogens with zero attached hydrogens (tertiary/aromatic N) is 9. The average Bonchev–Trinajstić information content (AvgIpc) is 3.75. The van der Waals surface area contributed by atoms with Gasteiger partial charge in [-0.3, -0.25) is 24.4 Å². The van der Waals surface area contributed by atoms with Crippen molar-refractivity contribution < 1.29 is 9.59 Å². The van der Waals surface area contributed by atoms with Crippen molar-refractivity contribution in [2.24, 2.45) is 7.05 Å². The molecule has 3 atom stereocenters. The molecule has 0 aliphatic carbocycles. The molecule has 3 N–H and O–H groups in total. The van der Waals surface area contributed by atoms with Gasteiger partial charge in [0, 0.05) is 48.6 Å². The number of aryl methyl sites for hydroxylation is 1. The molecule has 5 aromatic rings. The van der Waals surface area contributed by atoms with Gasteiger partial charge < -0.3 is 10.6 Å². The lowest BCUT2D eigenvalue weighted by molar-refractivity contribution is 0.0556. The van der Waals surface area contributed by atoms with Crippen LogP contribution in [0, 0.1) is 0 Å². The zero-order chi connectivity index (χ0) is 27.5. The molecule has 5 aromatic heterocycles. The van der Waals surface area contributed by atoms with Crippen LogP contribution in [0.2, 0.25) is 0 Å². The number of carbonyl (C=O) groups excluding carboxylic acids is 2. The predicted molar refractivity (Wildman–Crippen MR) is 144 cm³/mol. The quantitative estimate of drug-likeness (QED) is 0.320. The third-order valence-electron chi connectivity index (χ3n) is 8.09. The predicted octanol–water partition coefficient (Wildman–Crippen LogP) is 2.65. The molecule has 40 heavy (non-hydrogen) atoms. The van der Waals surface area contributed by atoms with E-state index in [4.69, 9.17) is 10.7 Å². The first-order chi connectivity index (χ1) is 19.4. The minimum Gasteiger partial charge on any atom is -0.383 e. The van der Waals surface area contributed by atoms with Gasteiger partial charge in [-0.1, -0.05) is 6.07 Å². The molecule has 2 aliphatic heterocycles. The number of rotatable bonds is 5. The SMILES string of the molecule is CC(=O)c1c(C2C[C@H]3CC[C@@H](C2)N3C(=O)c2ncn[nH]2)nc2c(-c3ccc(-c4ccn(C)n4)nc3)cnn2c1N. The van der Waals surface area contributed by atoms with Gasteiger partial charge in [-0.2, -0.15) is 19.8 Å². The van der Waals surface area contributed by atoms with E-state index < -0.39 is 0 Å². The van der Waals surface area contributed by atoms with Crippen molar-refractivity contribution in [3.8, 4) is 22.5 Å². The van der Waals surface area contributed by atoms with Gasteiger partial charge in [0.2, 0.25) is 5.82 Å². The number of carbonyl (C=O) groups is 2. The number of nitrogens with one attached hydrogen (secondary N) is 1. The van der Waals surface area contributed by atoms with Crippen molar-refractivity contribution in [3.05, 3.63) is 60.2 Å². The number of H-pyrrole nitrogens is 1. The minimum absolute atomic E-state index is 0.0214. The zero-order valence-corrected chi connectivity index (χ0v) is 22.0. The van der Waals surface area contributed by atoms with E-state index in [2.05, 4.69) is 30.4 Å². The van der Waals surface area contributed by atoms with Gasteiger partial charge in [-0.15, -0.1) is 0 Å². The Kier molecular flexibility index (Phi) is 5.47. The van der Waals surface area contributed by atoms with E-state index in [1.54, 1.807) is 17.1 Å². The summed E-state index contributed by atoms with van der Waals surface area (Å²) in [5.41, 5.74) is 11.3. The Morgan fingerprint density at radius 2 is 1.85 bits per heavy atom. The van der Waals surface area contributed by atoms with Crippen molar-refractivity contribution in [1.29, 1.82) is 0 Å². The van der Waals surface area contributed by atoms with Gasteiger partial charge in [-0.25, -0.2) is 9.97 Å². The fraction of sp³-hybridized carbons (Fsp3) is 0.333. The Hall–Kier alpha value is -4.94. The second kappa shape index (κ2) is 9.07. The summed E-state index contributed by atoms with van der Waals surface area (Å²) in [4.78, 5) is 41.6. The van der Waals surface area contributed by atoms with Crippen LogP contribution in [-0.2, 0) is 7.05 Å². The molecule has 202 valence electrons. The normalized spacial score (nSPS) is 20.4. The number of anilines is 1. The summed E-state index contributed by atoms with van der Waals surface area (Å²) >= 11 is 0. The van der Waals surface area contributed by atoms with Crippen molar-refractivity contribution in [3.63, 3.8) is 0 Å². The number of amides is 1. The second-order valence-electron chi connectivity index (χ2n) is 10.5. The molecular weight excluding hydrogens is 510 g/mol. The van der Waals surface area contributed by atoms with Gasteiger partial charge in [0.05, 0.1) is 23.1 Å². The van der Waals surface area contributed by atoms with E-state index >= 15 is 0 Å². The van der Waals surface area contributed by atoms with Crippen LogP contribution in [0.4, 0.5) is 5.82 Å². The van der Waals surface area contributed by atoms with Gasteiger partial charge in [0.15, 0.2) is 11.4 Å². The van der Waals surface area contributed by atoms with Gasteiger partial charge in [0.1, 0.15) is 17.8 Å². The molecule has 2 bridgehead atoms. The van der Waals surface area contributed by atoms with E-state index in [9.17, 15) is 9.59 Å². The number of aromatic amines is 1. The summed E-state index contributed by atoms with van der Waals surface area (Å²) in [5.74, 6) is 0.181. The summed E-state index contributed by atoms with van der Waals surface area (Å²) in [6, 6.07) is 5.82. The standard InChI is InChI=1S/C27H27N11O2/c1-14(39)22-23(16-9-17-4-5-18(10-16)37(17)27(40)25-30-13-31-34-25)33-26-19(12-32-38(26)24(22)28)15-3-6-20(29-11-15)21-7-8-36(2)35-21/h3,6-8,11-13,16-18H,4-5,9-10,28H2,1-2H3,(H,30,31,34)/t16?,17-,18+. The van der Waals surface area contributed by atoms with Crippen LogP contribution in [0.3, 0.4) is 0 Å². The van der Waals surface area contributed by atoms with Gasteiger partial charge in [-0.05, 0) is 44.7 Å². The number of fused-ring (bicyclic) bond motifs is 3. The summed E-state index contributed by atoms with van der Waals surface area (Å²) in [6.07, 6.45) is 9.83. The number of hydrogen-bond acceptors (Lipinski definition) is 9. The highest BCUT2D eigenvalue weighted by atomic mass is 16.2. The lowest BCUT2D eigenvalue weighted by atomic mass is 9.85. The lowest BCUT2D eigenvalue weighted by Crippen LogP contribution is -2.46. The number of hydrogen-bond donors (Lipinski definition) is 2. The van der Waals surface area contributed by atoms with Crippen LogP contribution in [0.15, 0.2) is 43.1 Å². The number of aromatic nitrogens is 9. The molecule has 0 saturated carbocycles. The monoisotopic (exact) mass is 537 g/mol. The first-order valence-corrected chi connectivity index (χ1v) is 13.2. The molecule has 7 rings (SSSR count). The zero-order valence-electron chi connectivity index (χ0n) is 22.0. The van der Waals surface area contributed by atoms with Crippen LogP contribution in [-0.4, -0.2) is 73.2 Å². The summed E-state index contributed by atoms with van der Waals surface area (Å²) in [7, 11) is 1.86. The summed E-state index contributed by atoms with van der Waals surface area (Å²) < 4.78 is 3.26. The average molecular weight is 538 g/mol. The topological polar surface area (TPSA) is 166 Å². The first kappa shape index (κ1) is 24.1. The largest absolute Gasteiger partial charge is 0.383 e. The molecule has 1 amide bonds. The van der Waals surface area contributed by atoms with E-state index in [1.165, 1.54) is 17.8 Å². The maximum absolute atomic E-state index is 13.1. The molecule has 1 unspecified atom stereocenters. The highest BCUT2D eigenvalue weighted by molar-refractivity contribution is 6.00. The minimum atomic E-state index is -0.159. The van der Waals surface area contributed by atoms with Gasteiger partial charge >= 0.3 is 0 Å². The maximum Gasteiger partial charge on any atom is 0.291 e. The van der Waals surface area contributed by atoms with Crippen molar-refractivity contribution in [2.45, 2.75) is 50.6 Å². The van der Waals surface area contributed by atoms with Crippen molar-refractivity contribution in [1.82, 2.24) is 49.4 Å². The Bertz CT molecular complexity index is 1740. The number of nitrogen functional groups attached to an aromatic ring is 1. The van der Waals surface area contributed by atoms with Crippen LogP contribution >= 0.6 is 0 Å². The number of piperidine rings is 1. The molecule has 0 aromatic carbocycles. The molecule has 2 fully saturated rings. The number of ketones is 1. The number of Topliss-reactive ketones (excluding diaryl/α,β-unsaturated/α-hetero) is 1. The number of nitrogens with two attached hydrogens (primary N) is 1. The molecule has 0 spiro atoms. The molecule has 2 aliphatic rings.